The molecule has 5 heteroatoms. The van der Waals surface area contributed by atoms with Crippen molar-refractivity contribution >= 4 is 5.78 Å². The van der Waals surface area contributed by atoms with Crippen LogP contribution in [0.25, 0.3) is 0 Å². The first kappa shape index (κ1) is 16.5. The Hall–Kier alpha value is -1.59. The van der Waals surface area contributed by atoms with Crippen LogP contribution in [0.15, 0.2) is 18.2 Å². The number of nitrogens with zero attached hydrogens (tertiary/aromatic N) is 2. The summed E-state index contributed by atoms with van der Waals surface area (Å²) in [6.45, 7) is 5.02. The lowest BCUT2D eigenvalue weighted by Gasteiger charge is -2.20. The van der Waals surface area contributed by atoms with Gasteiger partial charge in [0.05, 0.1) is 6.54 Å². The molecule has 1 aromatic carbocycles. The molecule has 0 fully saturated rings. The Balaban J connectivity index is 2.55. The summed E-state index contributed by atoms with van der Waals surface area (Å²) in [5.41, 5.74) is 0.423. The van der Waals surface area contributed by atoms with Crippen LogP contribution < -0.4 is 0 Å². The number of likely N-dealkylation sites (N-methyl/N-ethyl adjacent to an activating group) is 1. The highest BCUT2D eigenvalue weighted by Crippen LogP contribution is 2.25. The maximum atomic E-state index is 12.1. The average Bonchev–Trinajstić information content (AvgIpc) is 2.40. The number of hydrogen-bond acceptors (Lipinski definition) is 5. The zero-order valence-corrected chi connectivity index (χ0v) is 12.5. The number of phenols is 2. The average molecular weight is 280 g/mol. The maximum Gasteiger partial charge on any atom is 0.176 e. The van der Waals surface area contributed by atoms with Crippen molar-refractivity contribution in [3.63, 3.8) is 0 Å². The van der Waals surface area contributed by atoms with E-state index in [-0.39, 0.29) is 17.3 Å². The number of phenolic OH excluding ortho intramolecular Hbond substituents is 2. The third kappa shape index (κ3) is 5.19. The normalized spacial score (nSPS) is 11.2. The molecule has 0 radical (unpaired) electrons. The van der Waals surface area contributed by atoms with Crippen LogP contribution in [0, 0.1) is 0 Å². The molecule has 0 heterocycles. The Kier molecular flexibility index (Phi) is 6.48. The molecule has 112 valence electrons. The Labute approximate surface area is 120 Å². The van der Waals surface area contributed by atoms with Gasteiger partial charge in [-0.2, -0.15) is 0 Å². The number of rotatable bonds is 8. The highest BCUT2D eigenvalue weighted by atomic mass is 16.3. The molecular weight excluding hydrogens is 256 g/mol. The minimum absolute atomic E-state index is 0.0491. The van der Waals surface area contributed by atoms with Crippen molar-refractivity contribution in [3.05, 3.63) is 23.8 Å². The number of ketones is 1. The molecule has 2 N–H and O–H groups in total. The summed E-state index contributed by atoms with van der Waals surface area (Å²) in [5.74, 6) is -0.515. The van der Waals surface area contributed by atoms with Gasteiger partial charge in [0, 0.05) is 5.56 Å². The molecule has 0 aliphatic heterocycles. The van der Waals surface area contributed by atoms with Crippen molar-refractivity contribution in [3.8, 4) is 11.5 Å². The fourth-order valence-electron chi connectivity index (χ4n) is 1.95. The second-order valence-electron chi connectivity index (χ2n) is 5.15. The molecule has 5 nitrogen and oxygen atoms in total. The molecule has 0 saturated heterocycles. The predicted molar refractivity (Wildman–Crippen MR) is 79.4 cm³/mol. The fraction of sp³-hybridized carbons (Fsp3) is 0.533. The summed E-state index contributed by atoms with van der Waals surface area (Å²) < 4.78 is 0. The van der Waals surface area contributed by atoms with Crippen LogP contribution in [0.4, 0.5) is 0 Å². The Morgan fingerprint density at radius 2 is 1.85 bits per heavy atom. The molecule has 1 aromatic rings. The van der Waals surface area contributed by atoms with E-state index in [0.29, 0.717) is 12.1 Å². The van der Waals surface area contributed by atoms with Crippen LogP contribution in [0.5, 0.6) is 11.5 Å². The molecular formula is C15H24N2O3. The van der Waals surface area contributed by atoms with Crippen molar-refractivity contribution in [2.75, 3.05) is 40.3 Å². The molecule has 20 heavy (non-hydrogen) atoms. The van der Waals surface area contributed by atoms with E-state index >= 15 is 0 Å². The number of Topliss-reactive ketones (excluding diaryl/α,β-unsaturated/α-hetero) is 1. The third-order valence-electron chi connectivity index (χ3n) is 3.19. The predicted octanol–water partition coefficient (Wildman–Crippen LogP) is 1.55. The van der Waals surface area contributed by atoms with Crippen LogP contribution in [0.1, 0.15) is 23.7 Å². The van der Waals surface area contributed by atoms with Crippen molar-refractivity contribution in [2.24, 2.45) is 0 Å². The maximum absolute atomic E-state index is 12.1. The van der Waals surface area contributed by atoms with Gasteiger partial charge in [0.1, 0.15) is 0 Å². The summed E-state index contributed by atoms with van der Waals surface area (Å²) in [7, 11) is 4.06. The van der Waals surface area contributed by atoms with Crippen molar-refractivity contribution in [1.29, 1.82) is 0 Å². The number of aromatic hydroxyl groups is 2. The topological polar surface area (TPSA) is 64.0 Å². The van der Waals surface area contributed by atoms with E-state index in [1.165, 1.54) is 18.2 Å². The number of hydrogen-bond donors (Lipinski definition) is 2. The van der Waals surface area contributed by atoms with E-state index in [0.717, 1.165) is 26.1 Å². The second kappa shape index (κ2) is 7.87. The monoisotopic (exact) mass is 280 g/mol. The quantitative estimate of drug-likeness (QED) is 0.559. The lowest BCUT2D eigenvalue weighted by molar-refractivity contribution is 0.0931. The SMILES string of the molecule is CCN(CCCN(C)C)CC(=O)c1ccc(O)c(O)c1. The van der Waals surface area contributed by atoms with Crippen LogP contribution in [0.2, 0.25) is 0 Å². The van der Waals surface area contributed by atoms with Crippen molar-refractivity contribution in [1.82, 2.24) is 9.80 Å². The van der Waals surface area contributed by atoms with E-state index in [1.54, 1.807) is 0 Å². The highest BCUT2D eigenvalue weighted by Gasteiger charge is 2.13. The van der Waals surface area contributed by atoms with Gasteiger partial charge in [-0.25, -0.2) is 0 Å². The fourth-order valence-corrected chi connectivity index (χ4v) is 1.95. The van der Waals surface area contributed by atoms with E-state index in [2.05, 4.69) is 9.80 Å². The molecule has 0 aromatic heterocycles. The standard InChI is InChI=1S/C15H24N2O3/c1-4-17(9-5-8-16(2)3)11-15(20)12-6-7-13(18)14(19)10-12/h6-7,10,18-19H,4-5,8-9,11H2,1-3H3. The Bertz CT molecular complexity index is 447. The molecule has 0 bridgehead atoms. The molecule has 0 unspecified atom stereocenters. The highest BCUT2D eigenvalue weighted by molar-refractivity contribution is 5.98. The summed E-state index contributed by atoms with van der Waals surface area (Å²) in [4.78, 5) is 16.3. The summed E-state index contributed by atoms with van der Waals surface area (Å²) in [6.07, 6.45) is 1.01. The van der Waals surface area contributed by atoms with Gasteiger partial charge < -0.3 is 15.1 Å². The van der Waals surface area contributed by atoms with Gasteiger partial charge in [0.2, 0.25) is 0 Å². The molecule has 0 aliphatic rings. The zero-order chi connectivity index (χ0) is 15.1. The number of benzene rings is 1. The second-order valence-corrected chi connectivity index (χ2v) is 5.15. The third-order valence-corrected chi connectivity index (χ3v) is 3.19. The van der Waals surface area contributed by atoms with Gasteiger partial charge in [-0.1, -0.05) is 6.92 Å². The summed E-state index contributed by atoms with van der Waals surface area (Å²) >= 11 is 0. The van der Waals surface area contributed by atoms with Crippen molar-refractivity contribution < 1.29 is 15.0 Å². The van der Waals surface area contributed by atoms with Crippen LogP contribution in [-0.4, -0.2) is 66.1 Å². The largest absolute Gasteiger partial charge is 0.504 e. The van der Waals surface area contributed by atoms with Gasteiger partial charge >= 0.3 is 0 Å². The Morgan fingerprint density at radius 1 is 1.15 bits per heavy atom. The minimum Gasteiger partial charge on any atom is -0.504 e. The molecule has 0 amide bonds. The van der Waals surface area contributed by atoms with Crippen LogP contribution in [0.3, 0.4) is 0 Å². The zero-order valence-electron chi connectivity index (χ0n) is 12.5. The Morgan fingerprint density at radius 3 is 2.40 bits per heavy atom. The van der Waals surface area contributed by atoms with Crippen LogP contribution in [-0.2, 0) is 0 Å². The smallest absolute Gasteiger partial charge is 0.176 e. The van der Waals surface area contributed by atoms with Gasteiger partial charge in [-0.15, -0.1) is 0 Å². The lowest BCUT2D eigenvalue weighted by atomic mass is 10.1. The first-order chi connectivity index (χ1) is 9.43. The van der Waals surface area contributed by atoms with E-state index < -0.39 is 0 Å². The first-order valence-electron chi connectivity index (χ1n) is 6.86. The molecule has 0 spiro atoms. The molecule has 0 aliphatic carbocycles. The van der Waals surface area contributed by atoms with Gasteiger partial charge in [0.25, 0.3) is 0 Å². The van der Waals surface area contributed by atoms with Gasteiger partial charge in [-0.3, -0.25) is 9.69 Å². The molecule has 0 saturated carbocycles. The molecule has 1 rings (SSSR count). The van der Waals surface area contributed by atoms with E-state index in [1.807, 2.05) is 21.0 Å². The minimum atomic E-state index is -0.258. The van der Waals surface area contributed by atoms with Crippen LogP contribution >= 0.6 is 0 Å². The van der Waals surface area contributed by atoms with E-state index in [4.69, 9.17) is 0 Å². The summed E-state index contributed by atoms with van der Waals surface area (Å²) in [5, 5.41) is 18.7. The van der Waals surface area contributed by atoms with Crippen molar-refractivity contribution in [2.45, 2.75) is 13.3 Å². The van der Waals surface area contributed by atoms with Gasteiger partial charge in [-0.05, 0) is 58.3 Å². The van der Waals surface area contributed by atoms with E-state index in [9.17, 15) is 15.0 Å². The summed E-state index contributed by atoms with van der Waals surface area (Å²) in [6, 6.07) is 4.18. The van der Waals surface area contributed by atoms with Gasteiger partial charge in [0.15, 0.2) is 17.3 Å². The number of carbonyl (C=O) groups excluding carboxylic acids is 1. The lowest BCUT2D eigenvalue weighted by Crippen LogP contribution is -2.32. The first-order valence-corrected chi connectivity index (χ1v) is 6.86. The number of carbonyl (C=O) groups is 1. The molecule has 0 atom stereocenters.